The second kappa shape index (κ2) is 4.72. The van der Waals surface area contributed by atoms with Gasteiger partial charge in [-0.1, -0.05) is 0 Å². The van der Waals surface area contributed by atoms with E-state index in [4.69, 9.17) is 4.74 Å². The molecule has 2 rings (SSSR count). The van der Waals surface area contributed by atoms with Crippen molar-refractivity contribution in [2.45, 2.75) is 13.8 Å². The summed E-state index contributed by atoms with van der Waals surface area (Å²) in [5.41, 5.74) is 2.74. The third kappa shape index (κ3) is 2.29. The van der Waals surface area contributed by atoms with Crippen LogP contribution in [0.3, 0.4) is 0 Å². The van der Waals surface area contributed by atoms with Gasteiger partial charge in [0.2, 0.25) is 5.88 Å². The van der Waals surface area contributed by atoms with Crippen LogP contribution in [0.5, 0.6) is 5.88 Å². The van der Waals surface area contributed by atoms with Crippen LogP contribution < -0.4 is 0 Å². The summed E-state index contributed by atoms with van der Waals surface area (Å²) in [6.07, 6.45) is 0. The minimum absolute atomic E-state index is 0.0198. The molecule has 0 spiro atoms. The molecule has 1 N–H and O–H groups in total. The van der Waals surface area contributed by atoms with Gasteiger partial charge in [0.15, 0.2) is 0 Å². The monoisotopic (exact) mass is 261 g/mol. The Morgan fingerprint density at radius 1 is 1.37 bits per heavy atom. The number of carbonyl (C=O) groups excluding carboxylic acids is 1. The van der Waals surface area contributed by atoms with Crippen molar-refractivity contribution >= 4 is 5.97 Å². The molecular weight excluding hydrogens is 246 g/mol. The van der Waals surface area contributed by atoms with E-state index in [0.717, 1.165) is 0 Å². The minimum Gasteiger partial charge on any atom is -0.493 e. The Labute approximate surface area is 110 Å². The van der Waals surface area contributed by atoms with Gasteiger partial charge < -0.3 is 9.84 Å². The van der Waals surface area contributed by atoms with Crippen LogP contribution in [0.25, 0.3) is 11.3 Å². The van der Waals surface area contributed by atoms with Gasteiger partial charge in [-0.05, 0) is 26.0 Å². The molecule has 2 heterocycles. The van der Waals surface area contributed by atoms with Crippen LogP contribution in [-0.2, 0) is 11.8 Å². The number of hydrogen-bond donors (Lipinski definition) is 1. The number of esters is 1. The lowest BCUT2D eigenvalue weighted by atomic mass is 10.1. The van der Waals surface area contributed by atoms with Crippen molar-refractivity contribution in [3.63, 3.8) is 0 Å². The highest BCUT2D eigenvalue weighted by Gasteiger charge is 2.18. The Balaban J connectivity index is 2.62. The average molecular weight is 261 g/mol. The maximum absolute atomic E-state index is 11.6. The molecule has 2 aromatic rings. The second-order valence-corrected chi connectivity index (χ2v) is 4.28. The first-order valence-corrected chi connectivity index (χ1v) is 5.74. The molecule has 0 fully saturated rings. The lowest BCUT2D eigenvalue weighted by Gasteiger charge is -2.05. The van der Waals surface area contributed by atoms with E-state index in [1.165, 1.54) is 11.8 Å². The van der Waals surface area contributed by atoms with Gasteiger partial charge in [0.05, 0.1) is 29.6 Å². The fourth-order valence-corrected chi connectivity index (χ4v) is 1.98. The molecule has 0 atom stereocenters. The molecule has 0 aliphatic rings. The van der Waals surface area contributed by atoms with Gasteiger partial charge in [0, 0.05) is 12.7 Å². The molecule has 100 valence electrons. The number of hydrogen-bond acceptors (Lipinski definition) is 5. The maximum Gasteiger partial charge on any atom is 0.337 e. The quantitative estimate of drug-likeness (QED) is 0.831. The molecule has 0 aliphatic carbocycles. The van der Waals surface area contributed by atoms with Gasteiger partial charge in [-0.2, -0.15) is 5.10 Å². The molecule has 0 bridgehead atoms. The molecule has 0 saturated heterocycles. The molecule has 19 heavy (non-hydrogen) atoms. The standard InChI is InChI=1S/C13H15N3O3/c1-7-5-9(13(18)19-4)6-10(14-7)11-8(2)15-16(3)12(11)17/h5-6,17H,1-4H3. The van der Waals surface area contributed by atoms with Crippen molar-refractivity contribution in [1.82, 2.24) is 14.8 Å². The topological polar surface area (TPSA) is 77.2 Å². The number of aromatic nitrogens is 3. The first kappa shape index (κ1) is 13.1. The molecule has 0 amide bonds. The zero-order chi connectivity index (χ0) is 14.2. The van der Waals surface area contributed by atoms with Gasteiger partial charge in [-0.15, -0.1) is 0 Å². The molecular formula is C13H15N3O3. The summed E-state index contributed by atoms with van der Waals surface area (Å²) in [5, 5.41) is 14.1. The molecule has 6 heteroatoms. The van der Waals surface area contributed by atoms with Crippen LogP contribution in [0.1, 0.15) is 21.7 Å². The normalized spacial score (nSPS) is 10.5. The van der Waals surface area contributed by atoms with Crippen molar-refractivity contribution in [1.29, 1.82) is 0 Å². The van der Waals surface area contributed by atoms with Crippen LogP contribution in [0, 0.1) is 13.8 Å². The molecule has 0 aromatic carbocycles. The molecule has 2 aromatic heterocycles. The number of aryl methyl sites for hydroxylation is 3. The van der Waals surface area contributed by atoms with E-state index >= 15 is 0 Å². The van der Waals surface area contributed by atoms with Crippen molar-refractivity contribution in [2.75, 3.05) is 7.11 Å². The van der Waals surface area contributed by atoms with Crippen LogP contribution in [-0.4, -0.2) is 33.0 Å². The zero-order valence-electron chi connectivity index (χ0n) is 11.3. The Bertz CT molecular complexity index is 647. The number of nitrogens with zero attached hydrogens (tertiary/aromatic N) is 3. The van der Waals surface area contributed by atoms with Crippen LogP contribution >= 0.6 is 0 Å². The molecule has 0 aliphatic heterocycles. The summed E-state index contributed by atoms with van der Waals surface area (Å²) in [7, 11) is 2.97. The Morgan fingerprint density at radius 3 is 2.58 bits per heavy atom. The fraction of sp³-hybridized carbons (Fsp3) is 0.308. The van der Waals surface area contributed by atoms with Gasteiger partial charge >= 0.3 is 5.97 Å². The van der Waals surface area contributed by atoms with Crippen LogP contribution in [0.4, 0.5) is 0 Å². The number of pyridine rings is 1. The Hall–Kier alpha value is -2.37. The molecule has 6 nitrogen and oxygen atoms in total. The highest BCUT2D eigenvalue weighted by Crippen LogP contribution is 2.31. The zero-order valence-corrected chi connectivity index (χ0v) is 11.3. The molecule has 0 unspecified atom stereocenters. The minimum atomic E-state index is -0.437. The predicted octanol–water partition coefficient (Wildman–Crippen LogP) is 1.59. The van der Waals surface area contributed by atoms with E-state index in [-0.39, 0.29) is 5.88 Å². The number of ether oxygens (including phenoxy) is 1. The summed E-state index contributed by atoms with van der Waals surface area (Å²) in [4.78, 5) is 15.9. The SMILES string of the molecule is COC(=O)c1cc(C)nc(-c2c(C)nn(C)c2O)c1. The third-order valence-electron chi connectivity index (χ3n) is 2.82. The average Bonchev–Trinajstić information content (AvgIpc) is 2.61. The highest BCUT2D eigenvalue weighted by atomic mass is 16.5. The van der Waals surface area contributed by atoms with Crippen molar-refractivity contribution in [3.05, 3.63) is 29.1 Å². The summed E-state index contributed by atoms with van der Waals surface area (Å²) in [5.74, 6) is -0.417. The maximum atomic E-state index is 11.6. The molecule has 0 radical (unpaired) electrons. The van der Waals surface area contributed by atoms with Gasteiger partial charge in [-0.25, -0.2) is 9.48 Å². The van der Waals surface area contributed by atoms with Gasteiger partial charge in [-0.3, -0.25) is 4.98 Å². The number of methoxy groups -OCH3 is 1. The lowest BCUT2D eigenvalue weighted by molar-refractivity contribution is 0.0600. The summed E-state index contributed by atoms with van der Waals surface area (Å²) in [6, 6.07) is 3.22. The van der Waals surface area contributed by atoms with E-state index < -0.39 is 5.97 Å². The van der Waals surface area contributed by atoms with Gasteiger partial charge in [0.25, 0.3) is 0 Å². The molecule has 0 saturated carbocycles. The third-order valence-corrected chi connectivity index (χ3v) is 2.82. The Kier molecular flexibility index (Phi) is 3.25. The number of rotatable bonds is 2. The predicted molar refractivity (Wildman–Crippen MR) is 68.9 cm³/mol. The summed E-state index contributed by atoms with van der Waals surface area (Å²) < 4.78 is 6.07. The van der Waals surface area contributed by atoms with E-state index in [1.807, 2.05) is 0 Å². The Morgan fingerprint density at radius 2 is 2.05 bits per heavy atom. The van der Waals surface area contributed by atoms with E-state index in [9.17, 15) is 9.90 Å². The van der Waals surface area contributed by atoms with Crippen LogP contribution in [0.15, 0.2) is 12.1 Å². The van der Waals surface area contributed by atoms with E-state index in [2.05, 4.69) is 10.1 Å². The fourth-order valence-electron chi connectivity index (χ4n) is 1.98. The largest absolute Gasteiger partial charge is 0.493 e. The van der Waals surface area contributed by atoms with Crippen molar-refractivity contribution in [2.24, 2.45) is 7.05 Å². The number of carbonyl (C=O) groups is 1. The smallest absolute Gasteiger partial charge is 0.337 e. The first-order valence-electron chi connectivity index (χ1n) is 5.74. The second-order valence-electron chi connectivity index (χ2n) is 4.28. The van der Waals surface area contributed by atoms with Gasteiger partial charge in [0.1, 0.15) is 0 Å². The van der Waals surface area contributed by atoms with Crippen molar-refractivity contribution in [3.8, 4) is 17.1 Å². The van der Waals surface area contributed by atoms with E-state index in [0.29, 0.717) is 28.2 Å². The summed E-state index contributed by atoms with van der Waals surface area (Å²) >= 11 is 0. The number of aromatic hydroxyl groups is 1. The lowest BCUT2D eigenvalue weighted by Crippen LogP contribution is -2.03. The highest BCUT2D eigenvalue weighted by molar-refractivity contribution is 5.91. The first-order chi connectivity index (χ1) is 8.93. The summed E-state index contributed by atoms with van der Waals surface area (Å²) in [6.45, 7) is 3.55. The van der Waals surface area contributed by atoms with E-state index in [1.54, 1.807) is 33.0 Å². The van der Waals surface area contributed by atoms with Crippen molar-refractivity contribution < 1.29 is 14.6 Å². The van der Waals surface area contributed by atoms with Crippen LogP contribution in [0.2, 0.25) is 0 Å².